The van der Waals surface area contributed by atoms with E-state index in [4.69, 9.17) is 5.41 Å². The van der Waals surface area contributed by atoms with Crippen molar-refractivity contribution in [1.29, 1.82) is 5.41 Å². The van der Waals surface area contributed by atoms with E-state index in [1.165, 1.54) is 12.1 Å². The van der Waals surface area contributed by atoms with Crippen molar-refractivity contribution in [3.8, 4) is 0 Å². The quantitative estimate of drug-likeness (QED) is 0.651. The number of hydrogen-bond donors (Lipinski definition) is 2. The Bertz CT molecular complexity index is 319. The molecule has 0 saturated heterocycles. The van der Waals surface area contributed by atoms with Gasteiger partial charge in [-0.05, 0) is 52.9 Å². The molecule has 0 aromatic heterocycles. The molecule has 0 amide bonds. The molecule has 0 atom stereocenters. The van der Waals surface area contributed by atoms with Crippen LogP contribution in [0, 0.1) is 11.2 Å². The minimum absolute atomic E-state index is 0.254. The third-order valence-corrected chi connectivity index (χ3v) is 1.68. The Balaban J connectivity index is 2.55. The van der Waals surface area contributed by atoms with Crippen molar-refractivity contribution in [2.45, 2.75) is 0 Å². The Kier molecular flexibility index (Phi) is 3.88. The van der Waals surface area contributed by atoms with Crippen LogP contribution >= 0.6 is 22.6 Å². The lowest BCUT2D eigenvalue weighted by Crippen LogP contribution is -1.88. The zero-order valence-electron chi connectivity index (χ0n) is 6.72. The average Bonchev–Trinajstić information content (AvgIpc) is 2.08. The van der Waals surface area contributed by atoms with Crippen LogP contribution in [0.3, 0.4) is 0 Å². The van der Waals surface area contributed by atoms with Crippen LogP contribution in [-0.4, -0.2) is 3.72 Å². The Hall–Kier alpha value is -0.910. The molecule has 0 aliphatic carbocycles. The molecule has 68 valence electrons. The molecule has 13 heavy (non-hydrogen) atoms. The summed E-state index contributed by atoms with van der Waals surface area (Å²) >= 11 is 1.89. The van der Waals surface area contributed by atoms with Gasteiger partial charge in [0.1, 0.15) is 5.82 Å². The van der Waals surface area contributed by atoms with Crippen molar-refractivity contribution in [3.05, 3.63) is 42.4 Å². The van der Waals surface area contributed by atoms with Crippen molar-refractivity contribution >= 4 is 32.0 Å². The highest BCUT2D eigenvalue weighted by Crippen LogP contribution is 2.07. The average molecular weight is 290 g/mol. The molecule has 1 aromatic rings. The number of benzene rings is 1. The van der Waals surface area contributed by atoms with Gasteiger partial charge in [-0.25, -0.2) is 4.39 Å². The lowest BCUT2D eigenvalue weighted by atomic mass is 10.3. The van der Waals surface area contributed by atoms with Gasteiger partial charge in [0.25, 0.3) is 0 Å². The first-order valence-corrected chi connectivity index (χ1v) is 4.69. The smallest absolute Gasteiger partial charge is 0.123 e. The first kappa shape index (κ1) is 10.2. The maximum Gasteiger partial charge on any atom is 0.123 e. The Morgan fingerprint density at radius 1 is 1.38 bits per heavy atom. The first-order chi connectivity index (χ1) is 6.18. The largest absolute Gasteiger partial charge is 0.362 e. The Labute approximate surface area is 89.5 Å². The molecule has 0 fully saturated rings. The lowest BCUT2D eigenvalue weighted by Gasteiger charge is -1.98. The Morgan fingerprint density at radius 2 is 2.00 bits per heavy atom. The maximum atomic E-state index is 12.5. The Morgan fingerprint density at radius 3 is 2.54 bits per heavy atom. The third kappa shape index (κ3) is 4.02. The summed E-state index contributed by atoms with van der Waals surface area (Å²) in [4.78, 5) is 0. The van der Waals surface area contributed by atoms with E-state index >= 15 is 0 Å². The van der Waals surface area contributed by atoms with Crippen LogP contribution in [0.4, 0.5) is 10.1 Å². The molecule has 1 rings (SSSR count). The van der Waals surface area contributed by atoms with E-state index in [9.17, 15) is 4.39 Å². The molecular formula is C9H8FIN2. The monoisotopic (exact) mass is 290 g/mol. The SMILES string of the molecule is N=C(I)/C=C\Nc1ccc(F)cc1. The van der Waals surface area contributed by atoms with Gasteiger partial charge in [0.05, 0.1) is 3.72 Å². The summed E-state index contributed by atoms with van der Waals surface area (Å²) in [6.07, 6.45) is 3.26. The van der Waals surface area contributed by atoms with Gasteiger partial charge in [0.15, 0.2) is 0 Å². The highest BCUT2D eigenvalue weighted by molar-refractivity contribution is 14.1. The molecule has 0 radical (unpaired) electrons. The molecule has 0 unspecified atom stereocenters. The van der Waals surface area contributed by atoms with Gasteiger partial charge < -0.3 is 5.32 Å². The minimum Gasteiger partial charge on any atom is -0.362 e. The van der Waals surface area contributed by atoms with E-state index < -0.39 is 0 Å². The fraction of sp³-hybridized carbons (Fsp3) is 0. The molecule has 0 saturated carbocycles. The number of hydrogen-bond acceptors (Lipinski definition) is 2. The van der Waals surface area contributed by atoms with Gasteiger partial charge >= 0.3 is 0 Å². The summed E-state index contributed by atoms with van der Waals surface area (Å²) in [5.74, 6) is -0.254. The first-order valence-electron chi connectivity index (χ1n) is 3.61. The van der Waals surface area contributed by atoms with Crippen molar-refractivity contribution < 1.29 is 4.39 Å². The lowest BCUT2D eigenvalue weighted by molar-refractivity contribution is 0.628. The molecule has 0 aliphatic heterocycles. The molecule has 0 aliphatic rings. The molecule has 0 spiro atoms. The number of halogens is 2. The predicted molar refractivity (Wildman–Crippen MR) is 60.9 cm³/mol. The summed E-state index contributed by atoms with van der Waals surface area (Å²) in [5, 5.41) is 10.0. The normalized spacial score (nSPS) is 10.3. The van der Waals surface area contributed by atoms with E-state index in [2.05, 4.69) is 5.32 Å². The van der Waals surface area contributed by atoms with Crippen LogP contribution in [0.25, 0.3) is 0 Å². The third-order valence-electron chi connectivity index (χ3n) is 1.32. The van der Waals surface area contributed by atoms with E-state index in [0.717, 1.165) is 5.69 Å². The summed E-state index contributed by atoms with van der Waals surface area (Å²) in [6.45, 7) is 0. The van der Waals surface area contributed by atoms with Crippen LogP contribution in [0.5, 0.6) is 0 Å². The van der Waals surface area contributed by atoms with Gasteiger partial charge in [-0.15, -0.1) is 0 Å². The van der Waals surface area contributed by atoms with E-state index in [0.29, 0.717) is 3.72 Å². The fourth-order valence-electron chi connectivity index (χ4n) is 0.757. The number of nitrogens with one attached hydrogen (secondary N) is 2. The second-order valence-electron chi connectivity index (χ2n) is 2.33. The summed E-state index contributed by atoms with van der Waals surface area (Å²) in [7, 11) is 0. The summed E-state index contributed by atoms with van der Waals surface area (Å²) < 4.78 is 12.9. The van der Waals surface area contributed by atoms with Crippen LogP contribution < -0.4 is 5.32 Å². The zero-order valence-corrected chi connectivity index (χ0v) is 8.88. The molecular weight excluding hydrogens is 282 g/mol. The maximum absolute atomic E-state index is 12.5. The van der Waals surface area contributed by atoms with Crippen molar-refractivity contribution in [2.24, 2.45) is 0 Å². The highest BCUT2D eigenvalue weighted by atomic mass is 127. The highest BCUT2D eigenvalue weighted by Gasteiger charge is 1.89. The number of anilines is 1. The van der Waals surface area contributed by atoms with Gasteiger partial charge in [-0.1, -0.05) is 0 Å². The second-order valence-corrected chi connectivity index (χ2v) is 3.49. The van der Waals surface area contributed by atoms with E-state index in [-0.39, 0.29) is 5.82 Å². The van der Waals surface area contributed by atoms with Crippen molar-refractivity contribution in [3.63, 3.8) is 0 Å². The fourth-order valence-corrected chi connectivity index (χ4v) is 0.937. The summed E-state index contributed by atoms with van der Waals surface area (Å²) in [6, 6.07) is 6.03. The van der Waals surface area contributed by atoms with E-state index in [1.807, 2.05) is 22.6 Å². The second kappa shape index (κ2) is 4.96. The molecule has 1 aromatic carbocycles. The zero-order chi connectivity index (χ0) is 9.68. The van der Waals surface area contributed by atoms with Crippen LogP contribution in [0.1, 0.15) is 0 Å². The number of allylic oxidation sites excluding steroid dienone is 1. The van der Waals surface area contributed by atoms with Crippen LogP contribution in [0.15, 0.2) is 36.5 Å². The van der Waals surface area contributed by atoms with Crippen molar-refractivity contribution in [1.82, 2.24) is 0 Å². The standard InChI is InChI=1S/C9H8FIN2/c10-7-1-3-8(4-2-7)13-6-5-9(11)12/h1-6,12-13H/b6-5-,12-9?. The topological polar surface area (TPSA) is 35.9 Å². The molecule has 0 heterocycles. The van der Waals surface area contributed by atoms with Crippen molar-refractivity contribution in [2.75, 3.05) is 5.32 Å². The minimum atomic E-state index is -0.254. The molecule has 2 nitrogen and oxygen atoms in total. The van der Waals surface area contributed by atoms with Crippen LogP contribution in [0.2, 0.25) is 0 Å². The number of rotatable bonds is 3. The molecule has 2 N–H and O–H groups in total. The van der Waals surface area contributed by atoms with Gasteiger partial charge in [0.2, 0.25) is 0 Å². The van der Waals surface area contributed by atoms with Gasteiger partial charge in [-0.2, -0.15) is 0 Å². The van der Waals surface area contributed by atoms with Crippen LogP contribution in [-0.2, 0) is 0 Å². The van der Waals surface area contributed by atoms with Gasteiger partial charge in [-0.3, -0.25) is 5.41 Å². The molecule has 0 bridgehead atoms. The van der Waals surface area contributed by atoms with Gasteiger partial charge in [0, 0.05) is 11.9 Å². The summed E-state index contributed by atoms with van der Waals surface area (Å²) in [5.41, 5.74) is 0.801. The predicted octanol–water partition coefficient (Wildman–Crippen LogP) is 3.16. The van der Waals surface area contributed by atoms with E-state index in [1.54, 1.807) is 24.4 Å². The molecule has 4 heteroatoms.